The molecule has 1 amide bonds. The summed E-state index contributed by atoms with van der Waals surface area (Å²) in [5.74, 6) is 1.24. The van der Waals surface area contributed by atoms with Crippen molar-refractivity contribution < 1.29 is 14.3 Å². The molecule has 0 aliphatic rings. The smallest absolute Gasteiger partial charge is 0.255 e. The van der Waals surface area contributed by atoms with Gasteiger partial charge in [-0.2, -0.15) is 0 Å². The second kappa shape index (κ2) is 11.7. The number of aromatic nitrogens is 2. The Morgan fingerprint density at radius 2 is 1.86 bits per heavy atom. The molecule has 0 aliphatic carbocycles. The molecule has 1 heterocycles. The molecule has 0 aliphatic heterocycles. The largest absolute Gasteiger partial charge is 0.494 e. The predicted molar refractivity (Wildman–Crippen MR) is 148 cm³/mol. The number of rotatable bonds is 10. The van der Waals surface area contributed by atoms with Crippen LogP contribution >= 0.6 is 0 Å². The number of aryl methyl sites for hydroxylation is 1. The Labute approximate surface area is 217 Å². The molecule has 8 heteroatoms. The van der Waals surface area contributed by atoms with Gasteiger partial charge in [0.2, 0.25) is 5.95 Å². The fraction of sp³-hybridized carbons (Fsp3) is 0.276. The van der Waals surface area contributed by atoms with Gasteiger partial charge in [0.25, 0.3) is 5.91 Å². The Bertz CT molecular complexity index is 1400. The minimum atomic E-state index is -0.230. The molecule has 0 bridgehead atoms. The van der Waals surface area contributed by atoms with E-state index in [4.69, 9.17) is 15.2 Å². The van der Waals surface area contributed by atoms with Gasteiger partial charge >= 0.3 is 0 Å². The molecule has 0 spiro atoms. The first-order chi connectivity index (χ1) is 17.9. The van der Waals surface area contributed by atoms with Crippen LogP contribution < -0.4 is 20.5 Å². The Hall–Kier alpha value is -4.17. The van der Waals surface area contributed by atoms with E-state index in [2.05, 4.69) is 34.0 Å². The van der Waals surface area contributed by atoms with Crippen molar-refractivity contribution in [2.45, 2.75) is 20.8 Å². The van der Waals surface area contributed by atoms with Crippen LogP contribution in [0.25, 0.3) is 22.0 Å². The van der Waals surface area contributed by atoms with Crippen LogP contribution in [-0.4, -0.2) is 54.1 Å². The molecule has 4 rings (SSSR count). The summed E-state index contributed by atoms with van der Waals surface area (Å²) in [7, 11) is 1.58. The van der Waals surface area contributed by atoms with Crippen molar-refractivity contribution in [3.63, 3.8) is 0 Å². The lowest BCUT2D eigenvalue weighted by molar-refractivity contribution is 0.102. The van der Waals surface area contributed by atoms with Crippen LogP contribution in [0.4, 0.5) is 11.6 Å². The van der Waals surface area contributed by atoms with E-state index in [1.165, 1.54) is 0 Å². The molecule has 1 aromatic heterocycles. The number of ether oxygens (including phenoxy) is 2. The number of benzene rings is 3. The highest BCUT2D eigenvalue weighted by Gasteiger charge is 2.14. The Morgan fingerprint density at radius 1 is 1.05 bits per heavy atom. The van der Waals surface area contributed by atoms with Gasteiger partial charge in [0.15, 0.2) is 0 Å². The highest BCUT2D eigenvalue weighted by molar-refractivity contribution is 6.06. The second-order valence-electron chi connectivity index (χ2n) is 8.72. The van der Waals surface area contributed by atoms with Gasteiger partial charge in [0.1, 0.15) is 18.1 Å². The number of carbonyl (C=O) groups is 1. The molecule has 0 radical (unpaired) electrons. The first-order valence-corrected chi connectivity index (χ1v) is 12.4. The first-order valence-electron chi connectivity index (χ1n) is 12.4. The van der Waals surface area contributed by atoms with E-state index in [0.29, 0.717) is 29.4 Å². The standard InChI is InChI=1S/C29H33N5O3/c1-5-34(6-2)13-14-37-23-10-12-26(27(17-23)36-4)32-28(35)21-8-7-19(3)24(16-21)20-9-11-25-22(15-20)18-31-29(30)33-25/h7-12,15-18H,5-6,13-14H2,1-4H3,(H,32,35)(H2,30,31,33). The number of anilines is 2. The summed E-state index contributed by atoms with van der Waals surface area (Å²) >= 11 is 0. The fourth-order valence-electron chi connectivity index (χ4n) is 4.18. The molecule has 0 saturated heterocycles. The lowest BCUT2D eigenvalue weighted by Crippen LogP contribution is -2.27. The monoisotopic (exact) mass is 499 g/mol. The number of amides is 1. The van der Waals surface area contributed by atoms with Crippen molar-refractivity contribution >= 4 is 28.4 Å². The minimum Gasteiger partial charge on any atom is -0.494 e. The number of fused-ring (bicyclic) bond motifs is 1. The highest BCUT2D eigenvalue weighted by atomic mass is 16.5. The molecule has 4 aromatic rings. The first kappa shape index (κ1) is 25.9. The van der Waals surface area contributed by atoms with E-state index < -0.39 is 0 Å². The maximum atomic E-state index is 13.2. The molecule has 0 saturated carbocycles. The van der Waals surface area contributed by atoms with Crippen LogP contribution in [0.15, 0.2) is 60.8 Å². The molecule has 3 aromatic carbocycles. The van der Waals surface area contributed by atoms with Gasteiger partial charge in [-0.05, 0) is 73.1 Å². The number of likely N-dealkylation sites (N-methyl/N-ethyl adjacent to an activating group) is 1. The lowest BCUT2D eigenvalue weighted by atomic mass is 9.97. The summed E-state index contributed by atoms with van der Waals surface area (Å²) in [5.41, 5.74) is 10.6. The normalized spacial score (nSPS) is 11.1. The molecule has 192 valence electrons. The van der Waals surface area contributed by atoms with Gasteiger partial charge in [0.05, 0.1) is 18.3 Å². The van der Waals surface area contributed by atoms with Crippen LogP contribution in [-0.2, 0) is 0 Å². The molecule has 0 atom stereocenters. The molecule has 3 N–H and O–H groups in total. The van der Waals surface area contributed by atoms with Gasteiger partial charge in [-0.3, -0.25) is 4.79 Å². The molecule has 37 heavy (non-hydrogen) atoms. The van der Waals surface area contributed by atoms with Crippen LogP contribution in [0, 0.1) is 6.92 Å². The van der Waals surface area contributed by atoms with Gasteiger partial charge < -0.3 is 25.4 Å². The third kappa shape index (κ3) is 6.16. The van der Waals surface area contributed by atoms with Crippen LogP contribution in [0.5, 0.6) is 11.5 Å². The number of carbonyl (C=O) groups excluding carboxylic acids is 1. The molecule has 0 unspecified atom stereocenters. The van der Waals surface area contributed by atoms with Crippen molar-refractivity contribution in [1.29, 1.82) is 0 Å². The number of hydrogen-bond donors (Lipinski definition) is 2. The summed E-state index contributed by atoms with van der Waals surface area (Å²) in [6, 6.07) is 17.0. The van der Waals surface area contributed by atoms with Crippen LogP contribution in [0.3, 0.4) is 0 Å². The van der Waals surface area contributed by atoms with E-state index in [-0.39, 0.29) is 11.9 Å². The van der Waals surface area contributed by atoms with Crippen molar-refractivity contribution in [2.24, 2.45) is 0 Å². The average molecular weight is 500 g/mol. The van der Waals surface area contributed by atoms with Crippen LogP contribution in [0.2, 0.25) is 0 Å². The number of nitrogens with one attached hydrogen (secondary N) is 1. The zero-order chi connectivity index (χ0) is 26.4. The van der Waals surface area contributed by atoms with Crippen molar-refractivity contribution in [2.75, 3.05) is 44.4 Å². The quantitative estimate of drug-likeness (QED) is 0.310. The van der Waals surface area contributed by atoms with Crippen molar-refractivity contribution in [3.05, 3.63) is 71.9 Å². The van der Waals surface area contributed by atoms with E-state index in [9.17, 15) is 4.79 Å². The van der Waals surface area contributed by atoms with E-state index in [0.717, 1.165) is 47.2 Å². The van der Waals surface area contributed by atoms with Crippen molar-refractivity contribution in [3.8, 4) is 22.6 Å². The number of nitrogen functional groups attached to an aromatic ring is 1. The summed E-state index contributed by atoms with van der Waals surface area (Å²) < 4.78 is 11.4. The highest BCUT2D eigenvalue weighted by Crippen LogP contribution is 2.31. The summed E-state index contributed by atoms with van der Waals surface area (Å²) in [5, 5.41) is 3.85. The Morgan fingerprint density at radius 3 is 2.62 bits per heavy atom. The van der Waals surface area contributed by atoms with E-state index >= 15 is 0 Å². The van der Waals surface area contributed by atoms with E-state index in [1.54, 1.807) is 25.4 Å². The zero-order valence-electron chi connectivity index (χ0n) is 21.7. The van der Waals surface area contributed by atoms with Gasteiger partial charge in [0, 0.05) is 29.8 Å². The van der Waals surface area contributed by atoms with E-state index in [1.807, 2.05) is 49.4 Å². The maximum absolute atomic E-state index is 13.2. The molecule has 0 fully saturated rings. The Kier molecular flexibility index (Phi) is 8.20. The third-order valence-electron chi connectivity index (χ3n) is 6.40. The number of nitrogens with zero attached hydrogens (tertiary/aromatic N) is 3. The Balaban J connectivity index is 1.51. The van der Waals surface area contributed by atoms with Crippen molar-refractivity contribution in [1.82, 2.24) is 14.9 Å². The lowest BCUT2D eigenvalue weighted by Gasteiger charge is -2.18. The van der Waals surface area contributed by atoms with Crippen LogP contribution in [0.1, 0.15) is 29.8 Å². The molecule has 8 nitrogen and oxygen atoms in total. The summed E-state index contributed by atoms with van der Waals surface area (Å²) in [4.78, 5) is 23.8. The SMILES string of the molecule is CCN(CC)CCOc1ccc(NC(=O)c2ccc(C)c(-c3ccc4nc(N)ncc4c3)c2)c(OC)c1. The third-order valence-corrected chi connectivity index (χ3v) is 6.40. The summed E-state index contributed by atoms with van der Waals surface area (Å²) in [6.07, 6.45) is 1.70. The molecular weight excluding hydrogens is 466 g/mol. The molecular formula is C29H33N5O3. The zero-order valence-corrected chi connectivity index (χ0v) is 21.7. The van der Waals surface area contributed by atoms with Gasteiger partial charge in [-0.25, -0.2) is 9.97 Å². The topological polar surface area (TPSA) is 103 Å². The van der Waals surface area contributed by atoms with Gasteiger partial charge in [-0.15, -0.1) is 0 Å². The average Bonchev–Trinajstić information content (AvgIpc) is 2.91. The van der Waals surface area contributed by atoms with Gasteiger partial charge in [-0.1, -0.05) is 26.0 Å². The summed E-state index contributed by atoms with van der Waals surface area (Å²) in [6.45, 7) is 9.68. The maximum Gasteiger partial charge on any atom is 0.255 e. The predicted octanol–water partition coefficient (Wildman–Crippen LogP) is 5.17. The minimum absolute atomic E-state index is 0.230. The number of hydrogen-bond acceptors (Lipinski definition) is 7. The fourth-order valence-corrected chi connectivity index (χ4v) is 4.18. The number of methoxy groups -OCH3 is 1. The second-order valence-corrected chi connectivity index (χ2v) is 8.72. The number of nitrogens with two attached hydrogens (primary N) is 1.